The van der Waals surface area contributed by atoms with Crippen LogP contribution in [0.1, 0.15) is 349 Å². The fraction of sp³-hybridized carbons (Fsp3) is 0.941. The van der Waals surface area contributed by atoms with Crippen molar-refractivity contribution in [3.63, 3.8) is 0 Å². The number of ether oxygens (including phenoxy) is 4. The molecule has 0 saturated carbocycles. The van der Waals surface area contributed by atoms with E-state index in [2.05, 4.69) is 34.6 Å². The van der Waals surface area contributed by atoms with Gasteiger partial charge in [-0.2, -0.15) is 0 Å². The van der Waals surface area contributed by atoms with Crippen LogP contribution in [0.2, 0.25) is 0 Å². The minimum Gasteiger partial charge on any atom is -0.462 e. The second-order valence-corrected chi connectivity index (χ2v) is 27.9. The van der Waals surface area contributed by atoms with Crippen LogP contribution in [0.3, 0.4) is 0 Å². The standard InChI is InChI=1S/C68H132O17P2/c1-6-9-12-15-17-19-20-21-24-28-31-34-38-42-47-52-66(71)79-58-64(85-68(73)54-49-44-39-35-32-29-26-23-22-25-27-30-33-36-41-45-50-61(4)5)60-83-87(76,77)81-56-62(69)55-80-86(74,75)82-59-63(57-78-65(70)51-46-40-14-11-8-3)84-67(72)53-48-43-37-18-16-13-10-7-2/h61-64,69H,6-60H2,1-5H3,(H,74,75)(H,76,77)/t62-,63+,64+/m0/s1. The highest BCUT2D eigenvalue weighted by atomic mass is 31.2. The highest BCUT2D eigenvalue weighted by Crippen LogP contribution is 2.45. The molecule has 0 aromatic carbocycles. The van der Waals surface area contributed by atoms with Gasteiger partial charge in [0, 0.05) is 25.7 Å². The van der Waals surface area contributed by atoms with Gasteiger partial charge in [0.05, 0.1) is 26.4 Å². The van der Waals surface area contributed by atoms with Crippen molar-refractivity contribution in [1.82, 2.24) is 0 Å². The predicted molar refractivity (Wildman–Crippen MR) is 349 cm³/mol. The smallest absolute Gasteiger partial charge is 0.462 e. The highest BCUT2D eigenvalue weighted by Gasteiger charge is 2.30. The van der Waals surface area contributed by atoms with Crippen LogP contribution in [0.15, 0.2) is 0 Å². The summed E-state index contributed by atoms with van der Waals surface area (Å²) in [5, 5.41) is 10.5. The number of hydrogen-bond acceptors (Lipinski definition) is 15. The van der Waals surface area contributed by atoms with Gasteiger partial charge in [-0.05, 0) is 31.6 Å². The molecule has 2 unspecified atom stereocenters. The average Bonchev–Trinajstić information content (AvgIpc) is 3.51. The molecule has 19 heteroatoms. The number of aliphatic hydroxyl groups excluding tert-OH is 1. The van der Waals surface area contributed by atoms with E-state index in [-0.39, 0.29) is 25.7 Å². The van der Waals surface area contributed by atoms with E-state index in [1.165, 1.54) is 161 Å². The van der Waals surface area contributed by atoms with E-state index in [1.807, 2.05) is 0 Å². The van der Waals surface area contributed by atoms with Crippen molar-refractivity contribution >= 4 is 39.5 Å². The van der Waals surface area contributed by atoms with Crippen LogP contribution in [0.25, 0.3) is 0 Å². The van der Waals surface area contributed by atoms with Gasteiger partial charge >= 0.3 is 39.5 Å². The Labute approximate surface area is 530 Å². The van der Waals surface area contributed by atoms with Gasteiger partial charge in [-0.15, -0.1) is 0 Å². The first-order chi connectivity index (χ1) is 42.0. The molecular formula is C68H132O17P2. The number of carbonyl (C=O) groups excluding carboxylic acids is 4. The molecule has 0 spiro atoms. The number of aliphatic hydroxyl groups is 1. The first-order valence-corrected chi connectivity index (χ1v) is 38.6. The predicted octanol–water partition coefficient (Wildman–Crippen LogP) is 19.4. The number of rotatable bonds is 68. The SMILES string of the molecule is CCCCCCCCCCCCCCCCCC(=O)OC[C@H](COP(=O)(O)OC[C@@H](O)COP(=O)(O)OC[C@@H](COC(=O)CCCCCCC)OC(=O)CCCCCCCCCC)OC(=O)CCCCCCCCCCCCCCCCCCC(C)C. The second-order valence-electron chi connectivity index (χ2n) is 25.0. The first-order valence-electron chi connectivity index (χ1n) is 35.6. The maximum absolute atomic E-state index is 13.0. The Kier molecular flexibility index (Phi) is 60.2. The number of hydrogen-bond donors (Lipinski definition) is 3. The fourth-order valence-corrected chi connectivity index (χ4v) is 11.9. The van der Waals surface area contributed by atoms with Gasteiger partial charge in [0.25, 0.3) is 0 Å². The Hall–Kier alpha value is -1.94. The van der Waals surface area contributed by atoms with Crippen LogP contribution < -0.4 is 0 Å². The number of carbonyl (C=O) groups is 4. The average molecular weight is 1280 g/mol. The molecule has 0 radical (unpaired) electrons. The molecule has 0 fully saturated rings. The van der Waals surface area contributed by atoms with Gasteiger partial charge in [0.2, 0.25) is 0 Å². The third-order valence-electron chi connectivity index (χ3n) is 15.8. The van der Waals surface area contributed by atoms with Crippen LogP contribution in [-0.4, -0.2) is 96.7 Å². The Morgan fingerprint density at radius 3 is 0.782 bits per heavy atom. The molecule has 0 aromatic heterocycles. The van der Waals surface area contributed by atoms with E-state index in [1.54, 1.807) is 0 Å². The Bertz CT molecular complexity index is 1690. The molecule has 0 aliphatic rings. The van der Waals surface area contributed by atoms with Gasteiger partial charge in [-0.3, -0.25) is 37.3 Å². The summed E-state index contributed by atoms with van der Waals surface area (Å²) >= 11 is 0. The topological polar surface area (TPSA) is 237 Å². The lowest BCUT2D eigenvalue weighted by molar-refractivity contribution is -0.161. The molecule has 87 heavy (non-hydrogen) atoms. The summed E-state index contributed by atoms with van der Waals surface area (Å²) < 4.78 is 67.9. The van der Waals surface area contributed by atoms with Crippen molar-refractivity contribution in [3.8, 4) is 0 Å². The Morgan fingerprint density at radius 2 is 0.529 bits per heavy atom. The van der Waals surface area contributed by atoms with Gasteiger partial charge in [-0.1, -0.05) is 298 Å². The fourth-order valence-electron chi connectivity index (χ4n) is 10.3. The second kappa shape index (κ2) is 61.6. The molecule has 0 rings (SSSR count). The molecule has 5 atom stereocenters. The van der Waals surface area contributed by atoms with Crippen molar-refractivity contribution in [2.75, 3.05) is 39.6 Å². The largest absolute Gasteiger partial charge is 0.472 e. The normalized spacial score (nSPS) is 14.1. The summed E-state index contributed by atoms with van der Waals surface area (Å²) in [4.78, 5) is 72.1. The van der Waals surface area contributed by atoms with Crippen molar-refractivity contribution in [1.29, 1.82) is 0 Å². The molecule has 0 aliphatic carbocycles. The Morgan fingerprint density at radius 1 is 0.310 bits per heavy atom. The molecule has 0 amide bonds. The van der Waals surface area contributed by atoms with Crippen LogP contribution in [-0.2, 0) is 65.4 Å². The molecule has 0 aliphatic heterocycles. The van der Waals surface area contributed by atoms with E-state index in [0.717, 1.165) is 109 Å². The van der Waals surface area contributed by atoms with E-state index in [4.69, 9.17) is 37.0 Å². The maximum Gasteiger partial charge on any atom is 0.472 e. The Balaban J connectivity index is 5.12. The minimum absolute atomic E-state index is 0.104. The number of esters is 4. The van der Waals surface area contributed by atoms with Crippen LogP contribution >= 0.6 is 15.6 Å². The lowest BCUT2D eigenvalue weighted by Gasteiger charge is -2.21. The zero-order valence-electron chi connectivity index (χ0n) is 56.2. The van der Waals surface area contributed by atoms with E-state index in [9.17, 15) is 43.2 Å². The number of phosphoric ester groups is 2. The molecule has 3 N–H and O–H groups in total. The number of unbranched alkanes of at least 4 members (excludes halogenated alkanes) is 40. The summed E-state index contributed by atoms with van der Waals surface area (Å²) in [5.41, 5.74) is 0. The maximum atomic E-state index is 13.0. The lowest BCUT2D eigenvalue weighted by Crippen LogP contribution is -2.30. The van der Waals surface area contributed by atoms with Gasteiger partial charge in [-0.25, -0.2) is 9.13 Å². The molecule has 0 bridgehead atoms. The lowest BCUT2D eigenvalue weighted by atomic mass is 10.0. The van der Waals surface area contributed by atoms with Crippen molar-refractivity contribution in [2.45, 2.75) is 368 Å². The third-order valence-corrected chi connectivity index (χ3v) is 17.7. The summed E-state index contributed by atoms with van der Waals surface area (Å²) in [6.45, 7) is 7.15. The van der Waals surface area contributed by atoms with Crippen molar-refractivity contribution < 1.29 is 80.2 Å². The van der Waals surface area contributed by atoms with Crippen molar-refractivity contribution in [3.05, 3.63) is 0 Å². The van der Waals surface area contributed by atoms with Gasteiger partial charge in [0.15, 0.2) is 12.2 Å². The van der Waals surface area contributed by atoms with Crippen LogP contribution in [0.4, 0.5) is 0 Å². The third kappa shape index (κ3) is 62.6. The summed E-state index contributed by atoms with van der Waals surface area (Å²) in [6, 6.07) is 0. The number of phosphoric acid groups is 2. The quantitative estimate of drug-likeness (QED) is 0.0222. The molecule has 516 valence electrons. The molecular weight excluding hydrogens is 1150 g/mol. The van der Waals surface area contributed by atoms with E-state index < -0.39 is 97.5 Å². The van der Waals surface area contributed by atoms with E-state index in [0.29, 0.717) is 25.7 Å². The van der Waals surface area contributed by atoms with Gasteiger partial charge < -0.3 is 33.8 Å². The van der Waals surface area contributed by atoms with Gasteiger partial charge in [0.1, 0.15) is 19.3 Å². The molecule has 0 aromatic rings. The highest BCUT2D eigenvalue weighted by molar-refractivity contribution is 7.47. The minimum atomic E-state index is -4.95. The molecule has 17 nitrogen and oxygen atoms in total. The monoisotopic (exact) mass is 1280 g/mol. The van der Waals surface area contributed by atoms with Crippen LogP contribution in [0, 0.1) is 5.92 Å². The molecule has 0 saturated heterocycles. The first kappa shape index (κ1) is 85.1. The van der Waals surface area contributed by atoms with E-state index >= 15 is 0 Å². The molecule has 0 heterocycles. The summed E-state index contributed by atoms with van der Waals surface area (Å²) in [6.07, 6.45) is 47.7. The van der Waals surface area contributed by atoms with Crippen LogP contribution in [0.5, 0.6) is 0 Å². The van der Waals surface area contributed by atoms with Crippen molar-refractivity contribution in [2.24, 2.45) is 5.92 Å². The summed E-state index contributed by atoms with van der Waals surface area (Å²) in [5.74, 6) is -1.33. The zero-order chi connectivity index (χ0) is 64.2. The summed E-state index contributed by atoms with van der Waals surface area (Å²) in [7, 11) is -9.88. The zero-order valence-corrected chi connectivity index (χ0v) is 57.9.